The van der Waals surface area contributed by atoms with Gasteiger partial charge in [-0.1, -0.05) is 6.42 Å². The molecule has 0 fully saturated rings. The third kappa shape index (κ3) is 10.2. The van der Waals surface area contributed by atoms with Crippen molar-refractivity contribution in [2.75, 3.05) is 25.2 Å². The van der Waals surface area contributed by atoms with E-state index in [1.54, 1.807) is 7.11 Å². The summed E-state index contributed by atoms with van der Waals surface area (Å²) in [4.78, 5) is 0. The Labute approximate surface area is 93.1 Å². The topological polar surface area (TPSA) is 69.4 Å². The fraction of sp³-hybridized carbons (Fsp3) is 1.00. The number of hydrogen-bond acceptors (Lipinski definition) is 4. The summed E-state index contributed by atoms with van der Waals surface area (Å²) in [5.74, 6) is 0.516. The fourth-order valence-corrected chi connectivity index (χ4v) is 2.72. The quantitative estimate of drug-likeness (QED) is 0.606. The highest BCUT2D eigenvalue weighted by Crippen LogP contribution is 2.03. The molecule has 0 amide bonds. The molecule has 2 N–H and O–H groups in total. The van der Waals surface area contributed by atoms with Gasteiger partial charge in [-0.2, -0.15) is 0 Å². The minimum Gasteiger partial charge on any atom is -0.385 e. The largest absolute Gasteiger partial charge is 0.385 e. The highest BCUT2D eigenvalue weighted by Gasteiger charge is 2.09. The van der Waals surface area contributed by atoms with Gasteiger partial charge in [0.1, 0.15) is 9.84 Å². The number of sulfone groups is 1. The van der Waals surface area contributed by atoms with Crippen molar-refractivity contribution in [3.8, 4) is 0 Å². The fourth-order valence-electron chi connectivity index (χ4n) is 1.31. The van der Waals surface area contributed by atoms with Crippen molar-refractivity contribution in [3.63, 3.8) is 0 Å². The lowest BCUT2D eigenvalue weighted by atomic mass is 10.2. The number of nitrogens with two attached hydrogens (primary N) is 1. The molecule has 0 aromatic rings. The summed E-state index contributed by atoms with van der Waals surface area (Å²) < 4.78 is 27.7. The summed E-state index contributed by atoms with van der Waals surface area (Å²) in [5.41, 5.74) is 5.57. The van der Waals surface area contributed by atoms with Crippen molar-refractivity contribution in [2.45, 2.75) is 38.6 Å². The molecule has 0 aromatic carbocycles. The van der Waals surface area contributed by atoms with Gasteiger partial charge in [-0.3, -0.25) is 0 Å². The molecule has 0 heterocycles. The maximum absolute atomic E-state index is 11.5. The van der Waals surface area contributed by atoms with Crippen molar-refractivity contribution < 1.29 is 13.2 Å². The first-order valence-electron chi connectivity index (χ1n) is 5.43. The van der Waals surface area contributed by atoms with Gasteiger partial charge in [0.05, 0.1) is 11.5 Å². The van der Waals surface area contributed by atoms with Gasteiger partial charge in [-0.15, -0.1) is 0 Å². The molecule has 1 unspecified atom stereocenters. The number of methoxy groups -OCH3 is 1. The first-order chi connectivity index (χ1) is 6.98. The molecule has 0 aliphatic rings. The van der Waals surface area contributed by atoms with Gasteiger partial charge < -0.3 is 10.5 Å². The zero-order valence-corrected chi connectivity index (χ0v) is 10.6. The minimum atomic E-state index is -2.87. The molecule has 1 atom stereocenters. The smallest absolute Gasteiger partial charge is 0.150 e. The van der Waals surface area contributed by atoms with Crippen LogP contribution in [0, 0.1) is 0 Å². The predicted octanol–water partition coefficient (Wildman–Crippen LogP) is 0.955. The normalized spacial score (nSPS) is 14.1. The lowest BCUT2D eigenvalue weighted by molar-refractivity contribution is 0.199. The van der Waals surface area contributed by atoms with Crippen molar-refractivity contribution in [1.82, 2.24) is 0 Å². The van der Waals surface area contributed by atoms with Crippen LogP contribution < -0.4 is 5.73 Å². The lowest BCUT2D eigenvalue weighted by Crippen LogP contribution is -2.16. The van der Waals surface area contributed by atoms with Crippen molar-refractivity contribution >= 4 is 9.84 Å². The van der Waals surface area contributed by atoms with Crippen LogP contribution in [0.2, 0.25) is 0 Å². The molecule has 92 valence electrons. The van der Waals surface area contributed by atoms with Gasteiger partial charge in [0.25, 0.3) is 0 Å². The van der Waals surface area contributed by atoms with E-state index in [0.29, 0.717) is 13.0 Å². The second-order valence-electron chi connectivity index (χ2n) is 3.97. The zero-order valence-electron chi connectivity index (χ0n) is 9.74. The van der Waals surface area contributed by atoms with Crippen LogP contribution in [0.3, 0.4) is 0 Å². The van der Waals surface area contributed by atoms with E-state index < -0.39 is 9.84 Å². The van der Waals surface area contributed by atoms with Gasteiger partial charge in [0.15, 0.2) is 0 Å². The van der Waals surface area contributed by atoms with Crippen molar-refractivity contribution in [2.24, 2.45) is 5.73 Å². The summed E-state index contributed by atoms with van der Waals surface area (Å²) in [6, 6.07) is 0.168. The van der Waals surface area contributed by atoms with Crippen LogP contribution in [0.25, 0.3) is 0 Å². The van der Waals surface area contributed by atoms with Gasteiger partial charge in [-0.05, 0) is 26.2 Å². The van der Waals surface area contributed by atoms with E-state index in [-0.39, 0.29) is 17.5 Å². The number of rotatable bonds is 9. The number of hydrogen-bond donors (Lipinski definition) is 1. The summed E-state index contributed by atoms with van der Waals surface area (Å²) >= 11 is 0. The molecule has 15 heavy (non-hydrogen) atoms. The Morgan fingerprint density at radius 1 is 1.20 bits per heavy atom. The van der Waals surface area contributed by atoms with E-state index in [9.17, 15) is 8.42 Å². The molecule has 0 spiro atoms. The average molecular weight is 237 g/mol. The average Bonchev–Trinajstić information content (AvgIpc) is 2.13. The summed E-state index contributed by atoms with van der Waals surface area (Å²) in [5, 5.41) is 0. The van der Waals surface area contributed by atoms with Crippen LogP contribution >= 0.6 is 0 Å². The SMILES string of the molecule is COCCCS(=O)(=O)CCCCC(C)N. The van der Waals surface area contributed by atoms with Crippen molar-refractivity contribution in [1.29, 1.82) is 0 Å². The molecule has 5 heteroatoms. The highest BCUT2D eigenvalue weighted by atomic mass is 32.2. The molecule has 0 saturated carbocycles. The summed E-state index contributed by atoms with van der Waals surface area (Å²) in [7, 11) is -1.29. The molecule has 0 aliphatic carbocycles. The maximum atomic E-state index is 11.5. The Balaban J connectivity index is 3.56. The Hall–Kier alpha value is -0.130. The third-order valence-corrected chi connectivity index (χ3v) is 3.99. The predicted molar refractivity (Wildman–Crippen MR) is 62.6 cm³/mol. The second kappa shape index (κ2) is 8.07. The van der Waals surface area contributed by atoms with E-state index >= 15 is 0 Å². The van der Waals surface area contributed by atoms with Crippen LogP contribution in [0.4, 0.5) is 0 Å². The third-order valence-electron chi connectivity index (χ3n) is 2.17. The molecule has 0 saturated heterocycles. The molecule has 0 bridgehead atoms. The summed E-state index contributed by atoms with van der Waals surface area (Å²) in [6.07, 6.45) is 3.09. The molecule has 0 rings (SSSR count). The molecule has 0 aromatic heterocycles. The monoisotopic (exact) mass is 237 g/mol. The first-order valence-corrected chi connectivity index (χ1v) is 7.25. The minimum absolute atomic E-state index is 0.168. The van der Waals surface area contributed by atoms with E-state index in [1.165, 1.54) is 0 Å². The Morgan fingerprint density at radius 2 is 1.80 bits per heavy atom. The van der Waals surface area contributed by atoms with Gasteiger partial charge in [-0.25, -0.2) is 8.42 Å². The number of ether oxygens (including phenoxy) is 1. The van der Waals surface area contributed by atoms with Crippen LogP contribution in [0.5, 0.6) is 0 Å². The number of unbranched alkanes of at least 4 members (excludes halogenated alkanes) is 1. The Morgan fingerprint density at radius 3 is 2.33 bits per heavy atom. The Kier molecular flexibility index (Phi) is 8.00. The van der Waals surface area contributed by atoms with E-state index in [4.69, 9.17) is 10.5 Å². The standard InChI is InChI=1S/C10H23NO3S/c1-10(11)6-3-4-8-15(12,13)9-5-7-14-2/h10H,3-9,11H2,1-2H3. The highest BCUT2D eigenvalue weighted by molar-refractivity contribution is 7.91. The maximum Gasteiger partial charge on any atom is 0.150 e. The Bertz CT molecular complexity index is 237. The van der Waals surface area contributed by atoms with Gasteiger partial charge in [0.2, 0.25) is 0 Å². The first kappa shape index (κ1) is 14.9. The molecule has 4 nitrogen and oxygen atoms in total. The van der Waals surface area contributed by atoms with E-state index in [0.717, 1.165) is 19.3 Å². The van der Waals surface area contributed by atoms with Crippen LogP contribution in [-0.2, 0) is 14.6 Å². The van der Waals surface area contributed by atoms with Gasteiger partial charge in [0, 0.05) is 19.8 Å². The van der Waals surface area contributed by atoms with E-state index in [1.807, 2.05) is 6.92 Å². The molecular weight excluding hydrogens is 214 g/mol. The second-order valence-corrected chi connectivity index (χ2v) is 6.27. The molecule has 0 radical (unpaired) electrons. The summed E-state index contributed by atoms with van der Waals surface area (Å²) in [6.45, 7) is 2.45. The molecular formula is C10H23NO3S. The zero-order chi connectivity index (χ0) is 11.7. The van der Waals surface area contributed by atoms with Crippen LogP contribution in [0.1, 0.15) is 32.6 Å². The lowest BCUT2D eigenvalue weighted by Gasteiger charge is -2.05. The molecule has 0 aliphatic heterocycles. The van der Waals surface area contributed by atoms with Crippen LogP contribution in [0.15, 0.2) is 0 Å². The van der Waals surface area contributed by atoms with Crippen molar-refractivity contribution in [3.05, 3.63) is 0 Å². The van der Waals surface area contributed by atoms with Gasteiger partial charge >= 0.3 is 0 Å². The van der Waals surface area contributed by atoms with E-state index in [2.05, 4.69) is 0 Å². The van der Waals surface area contributed by atoms with Crippen LogP contribution in [-0.4, -0.2) is 39.7 Å².